The number of nitrogens with two attached hydrogens (primary N) is 2. The summed E-state index contributed by atoms with van der Waals surface area (Å²) in [7, 11) is 4.02. The number of nitrogens with one attached hydrogen (secondary N) is 1. The van der Waals surface area contributed by atoms with Crippen LogP contribution in [0.3, 0.4) is 0 Å². The van der Waals surface area contributed by atoms with Gasteiger partial charge in [0.2, 0.25) is 23.5 Å². The van der Waals surface area contributed by atoms with Gasteiger partial charge in [-0.25, -0.2) is 9.97 Å². The van der Waals surface area contributed by atoms with Crippen LogP contribution < -0.4 is 21.1 Å². The number of alkyl halides is 3. The summed E-state index contributed by atoms with van der Waals surface area (Å²) in [6, 6.07) is 16.5. The molecule has 0 saturated heterocycles. The van der Waals surface area contributed by atoms with Crippen LogP contribution in [0.25, 0.3) is 22.5 Å². The molecular weight excluding hydrogens is 649 g/mol. The lowest BCUT2D eigenvalue weighted by molar-refractivity contribution is -0.144. The predicted octanol–water partition coefficient (Wildman–Crippen LogP) is 5.08. The van der Waals surface area contributed by atoms with Crippen molar-refractivity contribution >= 4 is 17.5 Å². The van der Waals surface area contributed by atoms with Crippen molar-refractivity contribution in [1.29, 1.82) is 0 Å². The van der Waals surface area contributed by atoms with E-state index in [0.29, 0.717) is 49.0 Å². The Kier molecular flexibility index (Phi) is 11.9. The third-order valence-electron chi connectivity index (χ3n) is 8.99. The molecule has 0 spiro atoms. The Labute approximate surface area is 289 Å². The van der Waals surface area contributed by atoms with Crippen LogP contribution in [0, 0.1) is 11.8 Å². The summed E-state index contributed by atoms with van der Waals surface area (Å²) in [5.74, 6) is -1.77. The molecule has 1 aliphatic carbocycles. The average Bonchev–Trinajstić information content (AvgIpc) is 3.62. The van der Waals surface area contributed by atoms with Crippen molar-refractivity contribution in [2.75, 3.05) is 38.7 Å². The van der Waals surface area contributed by atoms with Gasteiger partial charge >= 0.3 is 6.18 Å². The maximum absolute atomic E-state index is 14.3. The lowest BCUT2D eigenvalue weighted by Crippen LogP contribution is -2.52. The van der Waals surface area contributed by atoms with Gasteiger partial charge in [-0.3, -0.25) is 19.6 Å². The van der Waals surface area contributed by atoms with Crippen LogP contribution in [-0.4, -0.2) is 76.7 Å². The highest BCUT2D eigenvalue weighted by atomic mass is 19.4. The number of hydrogen-bond donors (Lipinski definition) is 3. The van der Waals surface area contributed by atoms with E-state index in [1.807, 2.05) is 55.6 Å². The van der Waals surface area contributed by atoms with E-state index in [1.54, 1.807) is 18.3 Å². The number of hydrogen-bond acceptors (Lipinski definition) is 8. The summed E-state index contributed by atoms with van der Waals surface area (Å²) in [6.45, 7) is 2.01. The zero-order valence-corrected chi connectivity index (χ0v) is 28.2. The molecule has 1 saturated carbocycles. The number of halogens is 3. The normalized spacial score (nSPS) is 17.0. The third-order valence-corrected chi connectivity index (χ3v) is 8.99. The number of anilines is 1. The lowest BCUT2D eigenvalue weighted by Gasteiger charge is -2.35. The van der Waals surface area contributed by atoms with Crippen LogP contribution in [0.15, 0.2) is 66.9 Å². The van der Waals surface area contributed by atoms with Gasteiger partial charge in [-0.15, -0.1) is 0 Å². The van der Waals surface area contributed by atoms with Crippen LogP contribution in [0.4, 0.5) is 18.9 Å². The number of benzene rings is 2. The van der Waals surface area contributed by atoms with Gasteiger partial charge in [-0.2, -0.15) is 18.3 Å². The van der Waals surface area contributed by atoms with E-state index in [9.17, 15) is 22.8 Å². The Balaban J connectivity index is 1.39. The standard InChI is InChI=1S/C36H43F3N8O3/c1-46(2)17-4-18-50-31-16-13-28(22-42-31)27-6-3-5-24(19-27)20-30(32(41)48)47(34(49)26-9-7-23(21-40)8-10-26)29-14-11-25(12-15-29)33-43-35(45-44-33)36(37,38)39/h3,5-6,11-16,19,22-23,26,30H,4,7-10,17-18,20-21,40H2,1-2H3,(H2,41,48)(H,43,44,45)/t23?,26?,30-/m0/s1. The van der Waals surface area contributed by atoms with Gasteiger partial charge in [-0.05, 0) is 100 Å². The van der Waals surface area contributed by atoms with Crippen LogP contribution in [0.2, 0.25) is 0 Å². The number of primary amides is 1. The fraction of sp³-hybridized carbons (Fsp3) is 0.417. The SMILES string of the molecule is CN(C)CCCOc1ccc(-c2cccc(C[C@@H](C(N)=O)N(C(=O)C3CCC(CN)CC3)c3ccc(-c4n[nH]c(C(F)(F)F)n4)cc3)c2)cn1. The van der Waals surface area contributed by atoms with E-state index in [-0.39, 0.29) is 24.1 Å². The quantitative estimate of drug-likeness (QED) is 0.155. The number of aromatic amines is 1. The number of pyridine rings is 1. The number of carbonyl (C=O) groups is 2. The molecule has 0 radical (unpaired) electrons. The van der Waals surface area contributed by atoms with Crippen molar-refractivity contribution < 1.29 is 27.5 Å². The molecule has 50 heavy (non-hydrogen) atoms. The van der Waals surface area contributed by atoms with Gasteiger partial charge in [0, 0.05) is 48.0 Å². The van der Waals surface area contributed by atoms with Crippen molar-refractivity contribution in [2.45, 2.75) is 50.7 Å². The van der Waals surface area contributed by atoms with Crippen molar-refractivity contribution in [2.24, 2.45) is 23.3 Å². The molecule has 5 rings (SSSR count). The smallest absolute Gasteiger partial charge is 0.451 e. The third kappa shape index (κ3) is 9.24. The molecule has 1 aliphatic rings. The molecule has 4 aromatic rings. The first-order chi connectivity index (χ1) is 23.9. The first kappa shape index (κ1) is 36.5. The minimum atomic E-state index is -4.68. The Morgan fingerprint density at radius 2 is 1.72 bits per heavy atom. The molecule has 0 bridgehead atoms. The van der Waals surface area contributed by atoms with E-state index < -0.39 is 23.9 Å². The Morgan fingerprint density at radius 3 is 2.32 bits per heavy atom. The monoisotopic (exact) mass is 692 g/mol. The average molecular weight is 693 g/mol. The van der Waals surface area contributed by atoms with Crippen molar-refractivity contribution in [3.8, 4) is 28.4 Å². The summed E-state index contributed by atoms with van der Waals surface area (Å²) in [4.78, 5) is 39.0. The Bertz CT molecular complexity index is 1720. The van der Waals surface area contributed by atoms with Gasteiger partial charge in [0.1, 0.15) is 6.04 Å². The highest BCUT2D eigenvalue weighted by molar-refractivity contribution is 6.01. The molecule has 0 unspecified atom stereocenters. The van der Waals surface area contributed by atoms with Crippen LogP contribution >= 0.6 is 0 Å². The zero-order chi connectivity index (χ0) is 35.8. The number of carbonyl (C=O) groups excluding carboxylic acids is 2. The number of ether oxygens (including phenoxy) is 1. The minimum Gasteiger partial charge on any atom is -0.478 e. The molecule has 11 nitrogen and oxygen atoms in total. The molecule has 1 atom stereocenters. The number of H-pyrrole nitrogens is 1. The topological polar surface area (TPSA) is 156 Å². The second-order valence-corrected chi connectivity index (χ2v) is 12.9. The van der Waals surface area contributed by atoms with Gasteiger partial charge < -0.3 is 21.1 Å². The Morgan fingerprint density at radius 1 is 1.00 bits per heavy atom. The number of amides is 2. The number of aromatic nitrogens is 4. The molecule has 2 heterocycles. The summed E-state index contributed by atoms with van der Waals surface area (Å²) >= 11 is 0. The molecule has 5 N–H and O–H groups in total. The van der Waals surface area contributed by atoms with E-state index in [0.717, 1.165) is 42.5 Å². The Hall–Kier alpha value is -4.82. The van der Waals surface area contributed by atoms with Crippen molar-refractivity contribution in [3.05, 3.63) is 78.2 Å². The largest absolute Gasteiger partial charge is 0.478 e. The van der Waals surface area contributed by atoms with Crippen LogP contribution in [0.5, 0.6) is 5.88 Å². The maximum atomic E-state index is 14.3. The van der Waals surface area contributed by atoms with E-state index in [1.165, 1.54) is 17.0 Å². The number of rotatable bonds is 14. The summed E-state index contributed by atoms with van der Waals surface area (Å²) in [5, 5.41) is 5.61. The fourth-order valence-electron chi connectivity index (χ4n) is 6.21. The minimum absolute atomic E-state index is 0.130. The van der Waals surface area contributed by atoms with E-state index in [2.05, 4.69) is 20.0 Å². The molecule has 14 heteroatoms. The molecule has 2 amide bonds. The van der Waals surface area contributed by atoms with Crippen LogP contribution in [0.1, 0.15) is 43.5 Å². The highest BCUT2D eigenvalue weighted by Crippen LogP contribution is 2.34. The molecule has 2 aromatic heterocycles. The first-order valence-electron chi connectivity index (χ1n) is 16.7. The van der Waals surface area contributed by atoms with Gasteiger partial charge in [0.05, 0.1) is 6.61 Å². The molecule has 0 aliphatic heterocycles. The van der Waals surface area contributed by atoms with Gasteiger partial charge in [0.15, 0.2) is 5.82 Å². The molecule has 1 fully saturated rings. The molecule has 2 aromatic carbocycles. The second-order valence-electron chi connectivity index (χ2n) is 12.9. The molecule has 266 valence electrons. The zero-order valence-electron chi connectivity index (χ0n) is 28.2. The van der Waals surface area contributed by atoms with Crippen molar-refractivity contribution in [1.82, 2.24) is 25.1 Å². The van der Waals surface area contributed by atoms with E-state index >= 15 is 0 Å². The molecular formula is C36H43F3N8O3. The number of nitrogens with zero attached hydrogens (tertiary/aromatic N) is 5. The van der Waals surface area contributed by atoms with E-state index in [4.69, 9.17) is 16.2 Å². The van der Waals surface area contributed by atoms with Crippen molar-refractivity contribution in [3.63, 3.8) is 0 Å². The van der Waals surface area contributed by atoms with Gasteiger partial charge in [0.25, 0.3) is 0 Å². The summed E-state index contributed by atoms with van der Waals surface area (Å²) in [6.07, 6.45) is 0.891. The first-order valence-corrected chi connectivity index (χ1v) is 16.7. The van der Waals surface area contributed by atoms with Crippen LogP contribution in [-0.2, 0) is 22.2 Å². The summed E-state index contributed by atoms with van der Waals surface area (Å²) < 4.78 is 45.1. The highest BCUT2D eigenvalue weighted by Gasteiger charge is 2.37. The maximum Gasteiger partial charge on any atom is 0.451 e. The fourth-order valence-corrected chi connectivity index (χ4v) is 6.21. The lowest BCUT2D eigenvalue weighted by atomic mass is 9.81. The second kappa shape index (κ2) is 16.3. The van der Waals surface area contributed by atoms with Gasteiger partial charge in [-0.1, -0.05) is 24.3 Å². The summed E-state index contributed by atoms with van der Waals surface area (Å²) in [5.41, 5.74) is 15.1. The predicted molar refractivity (Wildman–Crippen MR) is 184 cm³/mol.